The number of carbonyl (C=O) groups excluding carboxylic acids is 4. The van der Waals surface area contributed by atoms with Crippen LogP contribution in [-0.2, 0) is 38.1 Å². The summed E-state index contributed by atoms with van der Waals surface area (Å²) in [6.45, 7) is 21.8. The fourth-order valence-corrected chi connectivity index (χ4v) is 1.33. The third-order valence-electron chi connectivity index (χ3n) is 2.94. The summed E-state index contributed by atoms with van der Waals surface area (Å²) in [7, 11) is 0. The number of hydrogen-bond donors (Lipinski definition) is 0. The molecule has 0 atom stereocenters. The number of hydrogen-bond acceptors (Lipinski definition) is 8. The van der Waals surface area contributed by atoms with E-state index in [1.54, 1.807) is 13.8 Å². The van der Waals surface area contributed by atoms with Crippen LogP contribution in [0.15, 0.2) is 48.6 Å². The second-order valence-corrected chi connectivity index (χ2v) is 6.42. The molecule has 0 aromatic heterocycles. The van der Waals surface area contributed by atoms with Crippen LogP contribution in [0.1, 0.15) is 47.5 Å². The number of esters is 4. The summed E-state index contributed by atoms with van der Waals surface area (Å²) < 4.78 is 19.3. The van der Waals surface area contributed by atoms with E-state index >= 15 is 0 Å². The maximum Gasteiger partial charge on any atom is 0.336 e. The van der Waals surface area contributed by atoms with Gasteiger partial charge in [-0.15, -0.1) is 0 Å². The minimum Gasteiger partial charge on any atom is -0.459 e. The van der Waals surface area contributed by atoms with E-state index in [9.17, 15) is 19.2 Å². The summed E-state index contributed by atoms with van der Waals surface area (Å²) in [4.78, 5) is 44.2. The van der Waals surface area contributed by atoms with Gasteiger partial charge in [0.25, 0.3) is 0 Å². The van der Waals surface area contributed by atoms with Crippen molar-refractivity contribution in [2.75, 3.05) is 13.2 Å². The van der Waals surface area contributed by atoms with E-state index in [1.165, 1.54) is 13.8 Å². The predicted octanol–water partition coefficient (Wildman–Crippen LogP) is 3.58. The van der Waals surface area contributed by atoms with Crippen molar-refractivity contribution >= 4 is 23.9 Å². The van der Waals surface area contributed by atoms with Crippen LogP contribution in [0.2, 0.25) is 0 Å². The Hall–Kier alpha value is -3.16. The Morgan fingerprint density at radius 1 is 0.633 bits per heavy atom. The smallest absolute Gasteiger partial charge is 0.336 e. The SMILES string of the molecule is C=C(C)C(=O)OC(CCC)OC(=O)C(=C)C.C=C(C)C(=O)OCCOC(=O)C(=C)C. The summed E-state index contributed by atoms with van der Waals surface area (Å²) in [5, 5.41) is 0. The van der Waals surface area contributed by atoms with Gasteiger partial charge in [0.05, 0.1) is 0 Å². The monoisotopic (exact) mass is 424 g/mol. The molecule has 0 aliphatic heterocycles. The van der Waals surface area contributed by atoms with Gasteiger partial charge in [0, 0.05) is 28.7 Å². The molecule has 0 radical (unpaired) electrons. The summed E-state index contributed by atoms with van der Waals surface area (Å²) in [5.74, 6) is -2.10. The van der Waals surface area contributed by atoms with Gasteiger partial charge < -0.3 is 18.9 Å². The fourth-order valence-electron chi connectivity index (χ4n) is 1.33. The molecule has 0 spiro atoms. The first-order valence-electron chi connectivity index (χ1n) is 9.21. The Balaban J connectivity index is 0. The third-order valence-corrected chi connectivity index (χ3v) is 2.94. The van der Waals surface area contributed by atoms with Gasteiger partial charge in [-0.25, -0.2) is 19.2 Å². The lowest BCUT2D eigenvalue weighted by Gasteiger charge is -2.17. The third kappa shape index (κ3) is 14.8. The lowest BCUT2D eigenvalue weighted by molar-refractivity contribution is -0.183. The van der Waals surface area contributed by atoms with Crippen molar-refractivity contribution in [3.8, 4) is 0 Å². The van der Waals surface area contributed by atoms with E-state index in [0.717, 1.165) is 6.42 Å². The summed E-state index contributed by atoms with van der Waals surface area (Å²) in [5.41, 5.74) is 1.17. The lowest BCUT2D eigenvalue weighted by Crippen LogP contribution is -2.25. The molecule has 0 unspecified atom stereocenters. The minimum absolute atomic E-state index is 0.0325. The van der Waals surface area contributed by atoms with Gasteiger partial charge in [-0.3, -0.25) is 0 Å². The van der Waals surface area contributed by atoms with Gasteiger partial charge in [-0.2, -0.15) is 0 Å². The highest BCUT2D eigenvalue weighted by Gasteiger charge is 2.18. The molecule has 0 N–H and O–H groups in total. The number of rotatable bonds is 11. The Bertz CT molecular complexity index is 631. The predicted molar refractivity (Wildman–Crippen MR) is 112 cm³/mol. The van der Waals surface area contributed by atoms with Crippen molar-refractivity contribution in [3.63, 3.8) is 0 Å². The van der Waals surface area contributed by atoms with Crippen LogP contribution in [0, 0.1) is 0 Å². The van der Waals surface area contributed by atoms with Crippen LogP contribution in [-0.4, -0.2) is 43.4 Å². The van der Waals surface area contributed by atoms with E-state index in [-0.39, 0.29) is 24.4 Å². The highest BCUT2D eigenvalue weighted by Crippen LogP contribution is 2.09. The highest BCUT2D eigenvalue weighted by molar-refractivity contribution is 5.89. The van der Waals surface area contributed by atoms with Crippen molar-refractivity contribution in [1.29, 1.82) is 0 Å². The Morgan fingerprint density at radius 3 is 1.17 bits per heavy atom. The molecule has 0 bridgehead atoms. The second-order valence-electron chi connectivity index (χ2n) is 6.42. The molecular formula is C22H32O8. The Kier molecular flexibility index (Phi) is 15.2. The maximum atomic E-state index is 11.2. The minimum atomic E-state index is -0.863. The van der Waals surface area contributed by atoms with Crippen LogP contribution in [0.3, 0.4) is 0 Å². The standard InChI is InChI=1S/C12H18O4.C10H14O4/c1-6-7-10(15-11(13)8(2)3)16-12(14)9(4)5;1-7(2)9(11)13-5-6-14-10(12)8(3)4/h10H,2,4,6-7H2,1,3,5H3;1,3,5-6H2,2,4H3. The van der Waals surface area contributed by atoms with Crippen LogP contribution < -0.4 is 0 Å². The molecule has 0 saturated carbocycles. The Morgan fingerprint density at radius 2 is 0.933 bits per heavy atom. The zero-order valence-corrected chi connectivity index (χ0v) is 18.5. The summed E-state index contributed by atoms with van der Waals surface area (Å²) in [6.07, 6.45) is 0.328. The van der Waals surface area contributed by atoms with E-state index < -0.39 is 30.2 Å². The molecule has 0 aliphatic carbocycles. The van der Waals surface area contributed by atoms with E-state index in [1.807, 2.05) is 6.92 Å². The largest absolute Gasteiger partial charge is 0.459 e. The second kappa shape index (κ2) is 15.7. The zero-order chi connectivity index (χ0) is 23.9. The molecule has 8 nitrogen and oxygen atoms in total. The first-order chi connectivity index (χ1) is 13.8. The maximum absolute atomic E-state index is 11.2. The molecule has 0 amide bonds. The van der Waals surface area contributed by atoms with Gasteiger partial charge in [0.2, 0.25) is 6.29 Å². The molecule has 0 saturated heterocycles. The van der Waals surface area contributed by atoms with Gasteiger partial charge in [-0.1, -0.05) is 33.2 Å². The van der Waals surface area contributed by atoms with Crippen LogP contribution >= 0.6 is 0 Å². The van der Waals surface area contributed by atoms with Gasteiger partial charge >= 0.3 is 23.9 Å². The fraction of sp³-hybridized carbons (Fsp3) is 0.455. The molecule has 30 heavy (non-hydrogen) atoms. The topological polar surface area (TPSA) is 105 Å². The van der Waals surface area contributed by atoms with E-state index in [2.05, 4.69) is 35.8 Å². The Labute approximate surface area is 178 Å². The van der Waals surface area contributed by atoms with Gasteiger partial charge in [0.15, 0.2) is 0 Å². The summed E-state index contributed by atoms with van der Waals surface area (Å²) >= 11 is 0. The van der Waals surface area contributed by atoms with Crippen molar-refractivity contribution in [2.24, 2.45) is 0 Å². The van der Waals surface area contributed by atoms with Crippen LogP contribution in [0.4, 0.5) is 0 Å². The average Bonchev–Trinajstić information content (AvgIpc) is 2.64. The van der Waals surface area contributed by atoms with Crippen LogP contribution in [0.25, 0.3) is 0 Å². The molecule has 0 fully saturated rings. The van der Waals surface area contributed by atoms with Gasteiger partial charge in [0.1, 0.15) is 13.2 Å². The van der Waals surface area contributed by atoms with Gasteiger partial charge in [-0.05, 0) is 34.1 Å². The number of carbonyl (C=O) groups is 4. The molecule has 0 aliphatic rings. The average molecular weight is 424 g/mol. The molecule has 0 rings (SSSR count). The molecule has 8 heteroatoms. The van der Waals surface area contributed by atoms with Crippen molar-refractivity contribution in [2.45, 2.75) is 53.8 Å². The first-order valence-corrected chi connectivity index (χ1v) is 9.21. The van der Waals surface area contributed by atoms with E-state index in [0.29, 0.717) is 17.6 Å². The van der Waals surface area contributed by atoms with Crippen LogP contribution in [0.5, 0.6) is 0 Å². The first kappa shape index (κ1) is 29.0. The normalized spacial score (nSPS) is 9.40. The van der Waals surface area contributed by atoms with Crippen molar-refractivity contribution in [1.82, 2.24) is 0 Å². The zero-order valence-electron chi connectivity index (χ0n) is 18.5. The van der Waals surface area contributed by atoms with Crippen molar-refractivity contribution in [3.05, 3.63) is 48.6 Å². The molecule has 0 aromatic carbocycles. The molecule has 168 valence electrons. The lowest BCUT2D eigenvalue weighted by atomic mass is 10.3. The summed E-state index contributed by atoms with van der Waals surface area (Å²) in [6, 6.07) is 0. The molecule has 0 heterocycles. The molecule has 0 aromatic rings. The number of ether oxygens (including phenoxy) is 4. The van der Waals surface area contributed by atoms with Crippen molar-refractivity contribution < 1.29 is 38.1 Å². The quantitative estimate of drug-likeness (QED) is 0.163. The molecular weight excluding hydrogens is 392 g/mol. The highest BCUT2D eigenvalue weighted by atomic mass is 16.7. The van der Waals surface area contributed by atoms with E-state index in [4.69, 9.17) is 9.47 Å².